The molecule has 132 valence electrons. The number of thiophene rings is 1. The maximum Gasteiger partial charge on any atom is 0.245 e. The van der Waals surface area contributed by atoms with Crippen LogP contribution in [0.4, 0.5) is 11.6 Å². The van der Waals surface area contributed by atoms with Crippen LogP contribution in [0.15, 0.2) is 22.1 Å². The number of anilines is 2. The molecular formula is C16H20N6O2S. The molecule has 25 heavy (non-hydrogen) atoms. The molecule has 1 fully saturated rings. The monoisotopic (exact) mass is 360 g/mol. The molecule has 0 bridgehead atoms. The Labute approximate surface area is 149 Å². The van der Waals surface area contributed by atoms with E-state index in [2.05, 4.69) is 56.2 Å². The zero-order chi connectivity index (χ0) is 17.3. The lowest BCUT2D eigenvalue weighted by atomic mass is 9.94. The predicted molar refractivity (Wildman–Crippen MR) is 95.7 cm³/mol. The number of nitrogens with one attached hydrogen (secondary N) is 2. The molecule has 4 heterocycles. The molecule has 2 N–H and O–H groups in total. The summed E-state index contributed by atoms with van der Waals surface area (Å²) in [6, 6.07) is 4.37. The minimum atomic E-state index is -0.145. The molecule has 0 amide bonds. The molecule has 0 spiro atoms. The third kappa shape index (κ3) is 3.72. The van der Waals surface area contributed by atoms with E-state index in [0.717, 1.165) is 19.4 Å². The van der Waals surface area contributed by atoms with Gasteiger partial charge in [0.15, 0.2) is 11.6 Å². The highest BCUT2D eigenvalue weighted by Gasteiger charge is 2.29. The van der Waals surface area contributed by atoms with Gasteiger partial charge in [0.1, 0.15) is 0 Å². The van der Waals surface area contributed by atoms with E-state index in [0.29, 0.717) is 29.5 Å². The number of hydrogen-bond donors (Lipinski definition) is 2. The molecule has 1 unspecified atom stereocenters. The zero-order valence-electron chi connectivity index (χ0n) is 14.2. The van der Waals surface area contributed by atoms with E-state index < -0.39 is 0 Å². The van der Waals surface area contributed by atoms with Crippen LogP contribution in [0.3, 0.4) is 0 Å². The van der Waals surface area contributed by atoms with E-state index in [4.69, 9.17) is 9.37 Å². The van der Waals surface area contributed by atoms with Crippen molar-refractivity contribution < 1.29 is 9.37 Å². The molecule has 3 aromatic rings. The third-order valence-corrected chi connectivity index (χ3v) is 5.04. The summed E-state index contributed by atoms with van der Waals surface area (Å²) in [6.07, 6.45) is 1.82. The first-order valence-corrected chi connectivity index (χ1v) is 9.14. The molecular weight excluding hydrogens is 340 g/mol. The first-order chi connectivity index (χ1) is 12.1. The largest absolute Gasteiger partial charge is 0.375 e. The van der Waals surface area contributed by atoms with E-state index in [1.165, 1.54) is 4.88 Å². The summed E-state index contributed by atoms with van der Waals surface area (Å²) < 4.78 is 10.5. The molecule has 0 saturated carbocycles. The second-order valence-corrected chi connectivity index (χ2v) is 7.74. The van der Waals surface area contributed by atoms with Crippen molar-refractivity contribution in [3.8, 4) is 0 Å². The van der Waals surface area contributed by atoms with Crippen molar-refractivity contribution in [3.63, 3.8) is 0 Å². The Hall–Kier alpha value is -2.26. The molecule has 1 atom stereocenters. The van der Waals surface area contributed by atoms with Gasteiger partial charge in [-0.05, 0) is 48.4 Å². The van der Waals surface area contributed by atoms with Gasteiger partial charge in [-0.1, -0.05) is 6.07 Å². The van der Waals surface area contributed by atoms with Gasteiger partial charge in [-0.15, -0.1) is 11.3 Å². The van der Waals surface area contributed by atoms with Crippen molar-refractivity contribution in [1.82, 2.24) is 20.3 Å². The average Bonchev–Trinajstić information content (AvgIpc) is 3.22. The maximum atomic E-state index is 5.79. The number of hydrogen-bond acceptors (Lipinski definition) is 9. The van der Waals surface area contributed by atoms with Crippen LogP contribution in [0.1, 0.15) is 31.6 Å². The Morgan fingerprint density at radius 3 is 2.76 bits per heavy atom. The Morgan fingerprint density at radius 1 is 1.24 bits per heavy atom. The highest BCUT2D eigenvalue weighted by molar-refractivity contribution is 7.09. The minimum Gasteiger partial charge on any atom is -0.375 e. The quantitative estimate of drug-likeness (QED) is 0.716. The zero-order valence-corrected chi connectivity index (χ0v) is 15.0. The van der Waals surface area contributed by atoms with Crippen LogP contribution in [-0.4, -0.2) is 38.5 Å². The summed E-state index contributed by atoms with van der Waals surface area (Å²) in [7, 11) is 0. The van der Waals surface area contributed by atoms with Crippen molar-refractivity contribution >= 4 is 34.3 Å². The van der Waals surface area contributed by atoms with Crippen LogP contribution in [0.2, 0.25) is 0 Å². The van der Waals surface area contributed by atoms with E-state index in [1.54, 1.807) is 11.3 Å². The van der Waals surface area contributed by atoms with Crippen LogP contribution >= 0.6 is 11.3 Å². The minimum absolute atomic E-state index is 0.145. The molecule has 4 rings (SSSR count). The standard InChI is InChI=1S/C16H20N6O2S/c1-16(2)8-10(5-6-23-16)18-13-12(17-9-11-4-3-7-25-11)19-14-15(20-13)22-24-21-14/h3-4,7,10H,5-6,8-9H2,1-2H3,(H,17,19,21)(H,18,20,22). The van der Waals surface area contributed by atoms with Crippen molar-refractivity contribution in [1.29, 1.82) is 0 Å². The fourth-order valence-electron chi connectivity index (χ4n) is 2.99. The van der Waals surface area contributed by atoms with Crippen LogP contribution in [-0.2, 0) is 11.3 Å². The molecule has 3 aromatic heterocycles. The molecule has 0 aromatic carbocycles. The number of ether oxygens (including phenoxy) is 1. The molecule has 1 saturated heterocycles. The van der Waals surface area contributed by atoms with Crippen molar-refractivity contribution in [2.75, 3.05) is 17.2 Å². The molecule has 1 aliphatic heterocycles. The van der Waals surface area contributed by atoms with Gasteiger partial charge in [-0.25, -0.2) is 14.6 Å². The summed E-state index contributed by atoms with van der Waals surface area (Å²) in [5.41, 5.74) is 0.648. The molecule has 0 aliphatic carbocycles. The Morgan fingerprint density at radius 2 is 2.04 bits per heavy atom. The van der Waals surface area contributed by atoms with E-state index in [9.17, 15) is 0 Å². The lowest BCUT2D eigenvalue weighted by Gasteiger charge is -2.36. The lowest BCUT2D eigenvalue weighted by Crippen LogP contribution is -2.40. The number of nitrogens with zero attached hydrogens (tertiary/aromatic N) is 4. The smallest absolute Gasteiger partial charge is 0.245 e. The van der Waals surface area contributed by atoms with Gasteiger partial charge < -0.3 is 15.4 Å². The molecule has 8 nitrogen and oxygen atoms in total. The summed E-state index contributed by atoms with van der Waals surface area (Å²) >= 11 is 1.69. The van der Waals surface area contributed by atoms with E-state index in [1.807, 2.05) is 6.07 Å². The second kappa shape index (κ2) is 6.57. The highest BCUT2D eigenvalue weighted by atomic mass is 32.1. The third-order valence-electron chi connectivity index (χ3n) is 4.16. The van der Waals surface area contributed by atoms with E-state index >= 15 is 0 Å². The molecule has 0 radical (unpaired) electrons. The SMILES string of the molecule is CC1(C)CC(Nc2nc3nonc3nc2NCc2cccs2)CCO1. The van der Waals surface area contributed by atoms with Crippen molar-refractivity contribution in [3.05, 3.63) is 22.4 Å². The first kappa shape index (κ1) is 16.2. The fourth-order valence-corrected chi connectivity index (χ4v) is 3.64. The Balaban J connectivity index is 1.57. The van der Waals surface area contributed by atoms with Gasteiger partial charge in [0, 0.05) is 17.5 Å². The van der Waals surface area contributed by atoms with Crippen molar-refractivity contribution in [2.45, 2.75) is 44.9 Å². The topological polar surface area (TPSA) is 98.0 Å². The van der Waals surface area contributed by atoms with Gasteiger partial charge in [-0.2, -0.15) is 0 Å². The van der Waals surface area contributed by atoms with Gasteiger partial charge in [0.25, 0.3) is 0 Å². The fraction of sp³-hybridized carbons (Fsp3) is 0.500. The van der Waals surface area contributed by atoms with Gasteiger partial charge in [0.05, 0.1) is 12.1 Å². The Bertz CT molecular complexity index is 848. The van der Waals surface area contributed by atoms with Crippen LogP contribution in [0, 0.1) is 0 Å². The van der Waals surface area contributed by atoms with Crippen LogP contribution < -0.4 is 10.6 Å². The van der Waals surface area contributed by atoms with Gasteiger partial charge in [-0.3, -0.25) is 0 Å². The first-order valence-electron chi connectivity index (χ1n) is 8.26. The molecule has 1 aliphatic rings. The average molecular weight is 360 g/mol. The summed E-state index contributed by atoms with van der Waals surface area (Å²) in [6.45, 7) is 5.61. The van der Waals surface area contributed by atoms with Gasteiger partial charge in [0.2, 0.25) is 11.3 Å². The van der Waals surface area contributed by atoms with Gasteiger partial charge >= 0.3 is 0 Å². The predicted octanol–water partition coefficient (Wildman–Crippen LogP) is 3.06. The number of aromatic nitrogens is 4. The lowest BCUT2D eigenvalue weighted by molar-refractivity contribution is -0.0553. The number of fused-ring (bicyclic) bond motifs is 1. The maximum absolute atomic E-state index is 5.79. The number of rotatable bonds is 5. The highest BCUT2D eigenvalue weighted by Crippen LogP contribution is 2.28. The van der Waals surface area contributed by atoms with Crippen LogP contribution in [0.25, 0.3) is 11.3 Å². The Kier molecular flexibility index (Phi) is 4.26. The van der Waals surface area contributed by atoms with E-state index in [-0.39, 0.29) is 11.6 Å². The summed E-state index contributed by atoms with van der Waals surface area (Å²) in [4.78, 5) is 10.3. The molecule has 9 heteroatoms. The van der Waals surface area contributed by atoms with Crippen molar-refractivity contribution in [2.24, 2.45) is 0 Å². The second-order valence-electron chi connectivity index (χ2n) is 6.71. The normalized spacial score (nSPS) is 19.8. The van der Waals surface area contributed by atoms with Crippen LogP contribution in [0.5, 0.6) is 0 Å². The summed E-state index contributed by atoms with van der Waals surface area (Å²) in [5, 5.41) is 16.5. The summed E-state index contributed by atoms with van der Waals surface area (Å²) in [5.74, 6) is 1.32.